The number of nitrogens with one attached hydrogen (secondary N) is 1. The van der Waals surface area contributed by atoms with E-state index in [9.17, 15) is 27.3 Å². The molecule has 0 aliphatic rings. The van der Waals surface area contributed by atoms with E-state index in [2.05, 4.69) is 5.32 Å². The Labute approximate surface area is 137 Å². The maximum atomic E-state index is 13.5. The Hall–Kier alpha value is -2.55. The highest BCUT2D eigenvalue weighted by Crippen LogP contribution is 2.31. The van der Waals surface area contributed by atoms with Crippen molar-refractivity contribution in [1.29, 1.82) is 0 Å². The molecule has 0 heterocycles. The van der Waals surface area contributed by atoms with Gasteiger partial charge in [0.2, 0.25) is 0 Å². The van der Waals surface area contributed by atoms with Crippen LogP contribution in [0.2, 0.25) is 0 Å². The average molecular weight is 356 g/mol. The maximum Gasteiger partial charge on any atom is 0.310 e. The first-order valence-corrected chi connectivity index (χ1v) is 8.75. The number of hydrogen-bond acceptors (Lipinski definition) is 5. The highest BCUT2D eigenvalue weighted by atomic mass is 32.2. The van der Waals surface area contributed by atoms with E-state index in [1.165, 1.54) is 18.2 Å². The minimum absolute atomic E-state index is 0.00803. The molecular weight excluding hydrogens is 342 g/mol. The zero-order valence-corrected chi connectivity index (χ0v) is 13.4. The van der Waals surface area contributed by atoms with Crippen molar-refractivity contribution in [3.8, 4) is 0 Å². The predicted octanol–water partition coefficient (Wildman–Crippen LogP) is 2.93. The van der Waals surface area contributed by atoms with Crippen molar-refractivity contribution < 1.29 is 22.1 Å². The van der Waals surface area contributed by atoms with Crippen LogP contribution >= 0.6 is 0 Å². The summed E-state index contributed by atoms with van der Waals surface area (Å²) in [5.74, 6) is -1.42. The van der Waals surface area contributed by atoms with Gasteiger partial charge in [0.1, 0.15) is 22.2 Å². The summed E-state index contributed by atoms with van der Waals surface area (Å²) in [6.07, 6.45) is 0.812. The van der Waals surface area contributed by atoms with Gasteiger partial charge >= 0.3 is 5.69 Å². The van der Waals surface area contributed by atoms with Crippen molar-refractivity contribution in [2.75, 3.05) is 18.1 Å². The lowest BCUT2D eigenvalue weighted by Gasteiger charge is -2.10. The van der Waals surface area contributed by atoms with Crippen molar-refractivity contribution in [3.63, 3.8) is 0 Å². The molecular formula is C15H14F2N2O4S. The average Bonchev–Trinajstić information content (AvgIpc) is 2.49. The minimum atomic E-state index is -3.79. The Balaban J connectivity index is 2.26. The van der Waals surface area contributed by atoms with Gasteiger partial charge in [-0.3, -0.25) is 10.1 Å². The van der Waals surface area contributed by atoms with E-state index in [0.29, 0.717) is 0 Å². The Morgan fingerprint density at radius 2 is 1.71 bits per heavy atom. The molecule has 0 saturated heterocycles. The van der Waals surface area contributed by atoms with Crippen LogP contribution in [0.5, 0.6) is 0 Å². The zero-order chi connectivity index (χ0) is 17.9. The molecule has 1 N–H and O–H groups in total. The van der Waals surface area contributed by atoms with Crippen molar-refractivity contribution in [3.05, 3.63) is 63.7 Å². The van der Waals surface area contributed by atoms with E-state index in [1.54, 1.807) is 0 Å². The number of rotatable bonds is 6. The zero-order valence-electron chi connectivity index (χ0n) is 12.6. The first kappa shape index (κ1) is 17.8. The number of hydrogen-bond donors (Lipinski definition) is 1. The standard InChI is InChI=1S/C15H14F2N2O4S/c1-24(22,23)14-7-3-6-13(15(14)19(20)21)18-9-8-10-11(16)4-2-5-12(10)17/h2-7,18H,8-9H2,1H3. The molecule has 0 fully saturated rings. The largest absolute Gasteiger partial charge is 0.379 e. The number of benzene rings is 2. The van der Waals surface area contributed by atoms with Crippen LogP contribution in [-0.2, 0) is 16.3 Å². The molecule has 0 amide bonds. The Kier molecular flexibility index (Phi) is 5.13. The third-order valence-electron chi connectivity index (χ3n) is 3.33. The first-order valence-electron chi connectivity index (χ1n) is 6.86. The summed E-state index contributed by atoms with van der Waals surface area (Å²) in [5.41, 5.74) is -0.763. The third kappa shape index (κ3) is 3.85. The molecule has 0 spiro atoms. The summed E-state index contributed by atoms with van der Waals surface area (Å²) < 4.78 is 50.4. The minimum Gasteiger partial charge on any atom is -0.379 e. The van der Waals surface area contributed by atoms with Crippen molar-refractivity contribution in [1.82, 2.24) is 0 Å². The van der Waals surface area contributed by atoms with Crippen LogP contribution in [0.25, 0.3) is 0 Å². The maximum absolute atomic E-state index is 13.5. The lowest BCUT2D eigenvalue weighted by Crippen LogP contribution is -2.11. The van der Waals surface area contributed by atoms with Crippen LogP contribution in [0, 0.1) is 21.7 Å². The number of nitro groups is 1. The quantitative estimate of drug-likeness (QED) is 0.635. The van der Waals surface area contributed by atoms with Crippen LogP contribution in [0.4, 0.5) is 20.2 Å². The molecule has 2 aromatic rings. The number of halogens is 2. The summed E-state index contributed by atoms with van der Waals surface area (Å²) in [6, 6.07) is 7.30. The molecule has 24 heavy (non-hydrogen) atoms. The summed E-state index contributed by atoms with van der Waals surface area (Å²) in [6.45, 7) is -0.00803. The van der Waals surface area contributed by atoms with Gasteiger partial charge in [-0.1, -0.05) is 12.1 Å². The Morgan fingerprint density at radius 3 is 2.25 bits per heavy atom. The molecule has 2 aromatic carbocycles. The molecule has 0 aliphatic heterocycles. The SMILES string of the molecule is CS(=O)(=O)c1cccc(NCCc2c(F)cccc2F)c1[N+](=O)[O-]. The van der Waals surface area contributed by atoms with E-state index in [4.69, 9.17) is 0 Å². The van der Waals surface area contributed by atoms with Gasteiger partial charge in [-0.05, 0) is 30.7 Å². The molecule has 2 rings (SSSR count). The van der Waals surface area contributed by atoms with E-state index < -0.39 is 37.0 Å². The van der Waals surface area contributed by atoms with Gasteiger partial charge in [0, 0.05) is 18.4 Å². The fraction of sp³-hybridized carbons (Fsp3) is 0.200. The van der Waals surface area contributed by atoms with Gasteiger partial charge in [-0.2, -0.15) is 0 Å². The third-order valence-corrected chi connectivity index (χ3v) is 4.46. The number of sulfone groups is 1. The second-order valence-corrected chi connectivity index (χ2v) is 7.04. The molecule has 0 aromatic heterocycles. The molecule has 0 atom stereocenters. The van der Waals surface area contributed by atoms with Crippen LogP contribution in [-0.4, -0.2) is 26.1 Å². The van der Waals surface area contributed by atoms with Crippen LogP contribution in [0.3, 0.4) is 0 Å². The lowest BCUT2D eigenvalue weighted by molar-refractivity contribution is -0.386. The number of nitrogens with zero attached hydrogens (tertiary/aromatic N) is 1. The van der Waals surface area contributed by atoms with Gasteiger partial charge < -0.3 is 5.32 Å². The fourth-order valence-corrected chi connectivity index (χ4v) is 3.11. The van der Waals surface area contributed by atoms with E-state index >= 15 is 0 Å². The van der Waals surface area contributed by atoms with Gasteiger partial charge in [0.15, 0.2) is 9.84 Å². The molecule has 0 bridgehead atoms. The van der Waals surface area contributed by atoms with Crippen LogP contribution in [0.15, 0.2) is 41.3 Å². The van der Waals surface area contributed by atoms with Crippen molar-refractivity contribution in [2.45, 2.75) is 11.3 Å². The monoisotopic (exact) mass is 356 g/mol. The molecule has 0 radical (unpaired) electrons. The van der Waals surface area contributed by atoms with E-state index in [-0.39, 0.29) is 24.2 Å². The van der Waals surface area contributed by atoms with Gasteiger partial charge in [-0.15, -0.1) is 0 Å². The highest BCUT2D eigenvalue weighted by Gasteiger charge is 2.25. The number of nitro benzene ring substituents is 1. The summed E-state index contributed by atoms with van der Waals surface area (Å²) in [5, 5.41) is 13.9. The topological polar surface area (TPSA) is 89.3 Å². The Morgan fingerprint density at radius 1 is 1.12 bits per heavy atom. The molecule has 6 nitrogen and oxygen atoms in total. The Bertz CT molecular complexity index is 865. The normalized spacial score (nSPS) is 11.3. The number of para-hydroxylation sites is 1. The van der Waals surface area contributed by atoms with Crippen molar-refractivity contribution in [2.24, 2.45) is 0 Å². The second-order valence-electron chi connectivity index (χ2n) is 5.06. The number of anilines is 1. The summed E-state index contributed by atoms with van der Waals surface area (Å²) in [4.78, 5) is 9.99. The second kappa shape index (κ2) is 6.91. The van der Waals surface area contributed by atoms with Gasteiger partial charge in [0.25, 0.3) is 0 Å². The predicted molar refractivity (Wildman–Crippen MR) is 84.8 cm³/mol. The summed E-state index contributed by atoms with van der Waals surface area (Å²) >= 11 is 0. The van der Waals surface area contributed by atoms with E-state index in [0.717, 1.165) is 24.5 Å². The molecule has 0 saturated carbocycles. The summed E-state index contributed by atoms with van der Waals surface area (Å²) in [7, 11) is -3.79. The molecule has 0 unspecified atom stereocenters. The smallest absolute Gasteiger partial charge is 0.310 e. The highest BCUT2D eigenvalue weighted by molar-refractivity contribution is 7.90. The molecule has 128 valence electrons. The van der Waals surface area contributed by atoms with Crippen LogP contribution < -0.4 is 5.32 Å². The lowest BCUT2D eigenvalue weighted by atomic mass is 10.1. The molecule has 0 aliphatic carbocycles. The van der Waals surface area contributed by atoms with Gasteiger partial charge in [-0.25, -0.2) is 17.2 Å². The fourth-order valence-electron chi connectivity index (χ4n) is 2.25. The van der Waals surface area contributed by atoms with Crippen LogP contribution in [0.1, 0.15) is 5.56 Å². The first-order chi connectivity index (χ1) is 11.2. The van der Waals surface area contributed by atoms with Gasteiger partial charge in [0.05, 0.1) is 4.92 Å². The van der Waals surface area contributed by atoms with Crippen molar-refractivity contribution >= 4 is 21.2 Å². The van der Waals surface area contributed by atoms with E-state index in [1.807, 2.05) is 0 Å². The molecule has 9 heteroatoms.